The number of Topliss-reactive ketones (excluding diaryl/α,β-unsaturated/α-hetero) is 1. The molecule has 0 aliphatic rings. The third-order valence-electron chi connectivity index (χ3n) is 4.11. The number of benzene rings is 2. The average Bonchev–Trinajstić information content (AvgIpc) is 2.74. The van der Waals surface area contributed by atoms with Gasteiger partial charge in [0.15, 0.2) is 17.3 Å². The van der Waals surface area contributed by atoms with Gasteiger partial charge in [0.25, 0.3) is 5.91 Å². The number of hydrogen-bond acceptors (Lipinski definition) is 7. The number of ketones is 1. The van der Waals surface area contributed by atoms with E-state index in [0.29, 0.717) is 33.9 Å². The van der Waals surface area contributed by atoms with Gasteiger partial charge in [-0.15, -0.1) is 0 Å². The maximum Gasteiger partial charge on any atom is 0.325 e. The van der Waals surface area contributed by atoms with Gasteiger partial charge in [-0.05, 0) is 43.3 Å². The largest absolute Gasteiger partial charge is 0.496 e. The molecule has 1 amide bonds. The molecule has 0 aliphatic heterocycles. The minimum absolute atomic E-state index is 0.0879. The number of nitrogens with one attached hydrogen (secondary N) is 1. The van der Waals surface area contributed by atoms with E-state index in [2.05, 4.69) is 5.32 Å². The summed E-state index contributed by atoms with van der Waals surface area (Å²) < 4.78 is 20.7. The summed E-state index contributed by atoms with van der Waals surface area (Å²) in [6.45, 7) is 1.04. The van der Waals surface area contributed by atoms with Gasteiger partial charge >= 0.3 is 5.97 Å². The Morgan fingerprint density at radius 1 is 0.828 bits per heavy atom. The second-order valence-corrected chi connectivity index (χ2v) is 6.00. The van der Waals surface area contributed by atoms with E-state index < -0.39 is 11.9 Å². The van der Waals surface area contributed by atoms with Crippen molar-refractivity contribution in [1.82, 2.24) is 5.32 Å². The van der Waals surface area contributed by atoms with Gasteiger partial charge in [0.2, 0.25) is 0 Å². The quantitative estimate of drug-likeness (QED) is 0.509. The summed E-state index contributed by atoms with van der Waals surface area (Å²) in [5.41, 5.74) is 1.35. The van der Waals surface area contributed by atoms with Crippen LogP contribution in [0.1, 0.15) is 33.2 Å². The zero-order chi connectivity index (χ0) is 21.4. The molecule has 0 heterocycles. The fourth-order valence-electron chi connectivity index (χ4n) is 2.55. The molecule has 0 saturated heterocycles. The van der Waals surface area contributed by atoms with E-state index in [1.807, 2.05) is 0 Å². The smallest absolute Gasteiger partial charge is 0.325 e. The van der Waals surface area contributed by atoms with Gasteiger partial charge < -0.3 is 24.3 Å². The van der Waals surface area contributed by atoms with Crippen molar-refractivity contribution in [3.63, 3.8) is 0 Å². The van der Waals surface area contributed by atoms with Crippen LogP contribution in [0, 0.1) is 0 Å². The lowest BCUT2D eigenvalue weighted by Gasteiger charge is -2.12. The first-order valence-electron chi connectivity index (χ1n) is 8.73. The molecule has 0 unspecified atom stereocenters. The molecular formula is C21H23NO7. The van der Waals surface area contributed by atoms with Crippen LogP contribution in [0.25, 0.3) is 0 Å². The van der Waals surface area contributed by atoms with Crippen LogP contribution < -0.4 is 19.5 Å². The van der Waals surface area contributed by atoms with E-state index in [1.165, 1.54) is 34.3 Å². The zero-order valence-corrected chi connectivity index (χ0v) is 16.7. The predicted molar refractivity (Wildman–Crippen MR) is 105 cm³/mol. The SMILES string of the molecule is COc1ccc(C(C)=O)cc1COC(=O)CNC(=O)c1ccc(OC)c(OC)c1. The number of rotatable bonds is 9. The molecule has 2 aromatic carbocycles. The number of esters is 1. The number of methoxy groups -OCH3 is 3. The molecule has 8 nitrogen and oxygen atoms in total. The van der Waals surface area contributed by atoms with Gasteiger partial charge in [-0.25, -0.2) is 0 Å². The molecule has 1 N–H and O–H groups in total. The van der Waals surface area contributed by atoms with Crippen LogP contribution in [0.3, 0.4) is 0 Å². The highest BCUT2D eigenvalue weighted by atomic mass is 16.5. The van der Waals surface area contributed by atoms with Crippen LogP contribution in [0.2, 0.25) is 0 Å². The van der Waals surface area contributed by atoms with Crippen LogP contribution >= 0.6 is 0 Å². The molecule has 2 aromatic rings. The first-order chi connectivity index (χ1) is 13.9. The van der Waals surface area contributed by atoms with Crippen LogP contribution in [0.4, 0.5) is 0 Å². The Morgan fingerprint density at radius 2 is 1.45 bits per heavy atom. The topological polar surface area (TPSA) is 100 Å². The summed E-state index contributed by atoms with van der Waals surface area (Å²) in [5.74, 6) is 0.193. The van der Waals surface area contributed by atoms with Crippen molar-refractivity contribution >= 4 is 17.7 Å². The lowest BCUT2D eigenvalue weighted by Crippen LogP contribution is -2.30. The zero-order valence-electron chi connectivity index (χ0n) is 16.7. The summed E-state index contributed by atoms with van der Waals surface area (Å²) in [7, 11) is 4.44. The Labute approximate surface area is 168 Å². The van der Waals surface area contributed by atoms with E-state index in [1.54, 1.807) is 30.3 Å². The Kier molecular flexibility index (Phi) is 7.59. The van der Waals surface area contributed by atoms with E-state index in [4.69, 9.17) is 18.9 Å². The molecule has 0 fully saturated rings. The summed E-state index contributed by atoms with van der Waals surface area (Å²) in [6.07, 6.45) is 0. The highest BCUT2D eigenvalue weighted by Gasteiger charge is 2.14. The molecule has 154 valence electrons. The van der Waals surface area contributed by atoms with Crippen LogP contribution in [-0.4, -0.2) is 45.5 Å². The summed E-state index contributed by atoms with van der Waals surface area (Å²) >= 11 is 0. The normalized spacial score (nSPS) is 10.1. The minimum Gasteiger partial charge on any atom is -0.496 e. The summed E-state index contributed by atoms with van der Waals surface area (Å²) in [5, 5.41) is 2.49. The molecule has 0 aromatic heterocycles. The monoisotopic (exact) mass is 401 g/mol. The lowest BCUT2D eigenvalue weighted by atomic mass is 10.1. The molecule has 2 rings (SSSR count). The van der Waals surface area contributed by atoms with E-state index in [9.17, 15) is 14.4 Å². The molecule has 0 saturated carbocycles. The molecular weight excluding hydrogens is 378 g/mol. The summed E-state index contributed by atoms with van der Waals surface area (Å²) in [4.78, 5) is 35.8. The second kappa shape index (κ2) is 10.1. The number of amides is 1. The molecule has 0 atom stereocenters. The Hall–Kier alpha value is -3.55. The van der Waals surface area contributed by atoms with Crippen molar-refractivity contribution in [3.05, 3.63) is 53.1 Å². The van der Waals surface area contributed by atoms with Gasteiger partial charge in [-0.1, -0.05) is 0 Å². The van der Waals surface area contributed by atoms with Gasteiger partial charge in [-0.3, -0.25) is 14.4 Å². The van der Waals surface area contributed by atoms with Gasteiger partial charge in [0.1, 0.15) is 18.9 Å². The molecule has 0 aliphatic carbocycles. The number of carbonyl (C=O) groups excluding carboxylic acids is 3. The maximum atomic E-state index is 12.2. The Morgan fingerprint density at radius 3 is 2.07 bits per heavy atom. The van der Waals surface area contributed by atoms with Crippen molar-refractivity contribution < 1.29 is 33.3 Å². The Bertz CT molecular complexity index is 908. The van der Waals surface area contributed by atoms with Crippen molar-refractivity contribution in [2.75, 3.05) is 27.9 Å². The van der Waals surface area contributed by atoms with E-state index in [0.717, 1.165) is 0 Å². The first kappa shape index (κ1) is 21.7. The molecule has 0 bridgehead atoms. The maximum absolute atomic E-state index is 12.2. The standard InChI is InChI=1S/C21H23NO7/c1-13(23)14-5-7-17(26-2)16(9-14)12-29-20(24)11-22-21(25)15-6-8-18(27-3)19(10-15)28-4/h5-10H,11-12H2,1-4H3,(H,22,25). The van der Waals surface area contributed by atoms with Crippen LogP contribution in [0.5, 0.6) is 17.2 Å². The first-order valence-corrected chi connectivity index (χ1v) is 8.73. The van der Waals surface area contributed by atoms with E-state index >= 15 is 0 Å². The van der Waals surface area contributed by atoms with E-state index in [-0.39, 0.29) is 18.9 Å². The van der Waals surface area contributed by atoms with Crippen molar-refractivity contribution in [3.8, 4) is 17.2 Å². The van der Waals surface area contributed by atoms with Gasteiger partial charge in [0.05, 0.1) is 21.3 Å². The fraction of sp³-hybridized carbons (Fsp3) is 0.286. The third kappa shape index (κ3) is 5.71. The van der Waals surface area contributed by atoms with Gasteiger partial charge in [-0.2, -0.15) is 0 Å². The molecule has 29 heavy (non-hydrogen) atoms. The highest BCUT2D eigenvalue weighted by Crippen LogP contribution is 2.27. The number of ether oxygens (including phenoxy) is 4. The molecule has 8 heteroatoms. The number of carbonyl (C=O) groups is 3. The average molecular weight is 401 g/mol. The van der Waals surface area contributed by atoms with Crippen LogP contribution in [0.15, 0.2) is 36.4 Å². The predicted octanol–water partition coefficient (Wildman–Crippen LogP) is 2.39. The lowest BCUT2D eigenvalue weighted by molar-refractivity contribution is -0.143. The minimum atomic E-state index is -0.630. The number of hydrogen-bond donors (Lipinski definition) is 1. The second-order valence-electron chi connectivity index (χ2n) is 6.00. The Balaban J connectivity index is 1.94. The van der Waals surface area contributed by atoms with Crippen molar-refractivity contribution in [2.24, 2.45) is 0 Å². The van der Waals surface area contributed by atoms with Crippen molar-refractivity contribution in [1.29, 1.82) is 0 Å². The highest BCUT2D eigenvalue weighted by molar-refractivity contribution is 5.96. The van der Waals surface area contributed by atoms with Gasteiger partial charge in [0, 0.05) is 16.7 Å². The third-order valence-corrected chi connectivity index (χ3v) is 4.11. The molecule has 0 spiro atoms. The van der Waals surface area contributed by atoms with Crippen LogP contribution in [-0.2, 0) is 16.1 Å². The summed E-state index contributed by atoms with van der Waals surface area (Å²) in [6, 6.07) is 9.54. The fourth-order valence-corrected chi connectivity index (χ4v) is 2.55. The molecule has 0 radical (unpaired) electrons. The van der Waals surface area contributed by atoms with Crippen molar-refractivity contribution in [2.45, 2.75) is 13.5 Å².